The van der Waals surface area contributed by atoms with Crippen molar-refractivity contribution < 1.29 is 22.1 Å². The highest BCUT2D eigenvalue weighted by Crippen LogP contribution is 2.26. The van der Waals surface area contributed by atoms with Crippen molar-refractivity contribution in [1.29, 1.82) is 0 Å². The highest BCUT2D eigenvalue weighted by atomic mass is 35.5. The van der Waals surface area contributed by atoms with E-state index in [1.54, 1.807) is 12.1 Å². The van der Waals surface area contributed by atoms with Crippen LogP contribution in [0.2, 0.25) is 5.02 Å². The second-order valence-corrected chi connectivity index (χ2v) is 9.52. The maximum Gasteiger partial charge on any atom is 0.306 e. The SMILES string of the molecule is CCOc1cc(CN2CCC(NC(=O)c3cccc(OS(C)(=O)=O)c3)CC2)ccc1Cl. The molecule has 168 valence electrons. The third kappa shape index (κ3) is 7.12. The van der Waals surface area contributed by atoms with Gasteiger partial charge in [0, 0.05) is 31.2 Å². The average Bonchev–Trinajstić information content (AvgIpc) is 2.71. The number of hydrogen-bond acceptors (Lipinski definition) is 6. The van der Waals surface area contributed by atoms with Crippen LogP contribution in [0.15, 0.2) is 42.5 Å². The number of halogens is 1. The molecular formula is C22H27ClN2O5S. The van der Waals surface area contributed by atoms with Crippen LogP contribution in [0, 0.1) is 0 Å². The lowest BCUT2D eigenvalue weighted by Crippen LogP contribution is -2.44. The molecule has 9 heteroatoms. The molecule has 1 heterocycles. The van der Waals surface area contributed by atoms with E-state index in [1.165, 1.54) is 12.1 Å². The van der Waals surface area contributed by atoms with Crippen LogP contribution in [-0.4, -0.2) is 51.2 Å². The van der Waals surface area contributed by atoms with Crippen molar-refractivity contribution in [3.8, 4) is 11.5 Å². The molecule has 1 amide bonds. The second kappa shape index (κ2) is 10.3. The van der Waals surface area contributed by atoms with Crippen LogP contribution in [-0.2, 0) is 16.7 Å². The van der Waals surface area contributed by atoms with Crippen molar-refractivity contribution in [3.05, 3.63) is 58.6 Å². The summed E-state index contributed by atoms with van der Waals surface area (Å²) in [4.78, 5) is 14.9. The van der Waals surface area contributed by atoms with E-state index in [9.17, 15) is 13.2 Å². The Bertz CT molecular complexity index is 1020. The van der Waals surface area contributed by atoms with Crippen LogP contribution in [0.4, 0.5) is 0 Å². The first-order chi connectivity index (χ1) is 14.7. The van der Waals surface area contributed by atoms with Gasteiger partial charge in [0.1, 0.15) is 11.5 Å². The Hall–Kier alpha value is -2.29. The van der Waals surface area contributed by atoms with Gasteiger partial charge in [-0.2, -0.15) is 8.42 Å². The van der Waals surface area contributed by atoms with Gasteiger partial charge in [0.15, 0.2) is 0 Å². The summed E-state index contributed by atoms with van der Waals surface area (Å²) in [6.07, 6.45) is 2.63. The number of hydrogen-bond donors (Lipinski definition) is 1. The molecule has 31 heavy (non-hydrogen) atoms. The van der Waals surface area contributed by atoms with Gasteiger partial charge in [0.2, 0.25) is 0 Å². The molecule has 7 nitrogen and oxygen atoms in total. The number of benzene rings is 2. The first-order valence-electron chi connectivity index (χ1n) is 10.2. The molecule has 3 rings (SSSR count). The first-order valence-corrected chi connectivity index (χ1v) is 12.4. The monoisotopic (exact) mass is 466 g/mol. The van der Waals surface area contributed by atoms with Gasteiger partial charge in [-0.3, -0.25) is 9.69 Å². The molecule has 0 spiro atoms. The molecule has 0 atom stereocenters. The van der Waals surface area contributed by atoms with Gasteiger partial charge in [0.25, 0.3) is 5.91 Å². The average molecular weight is 467 g/mol. The van der Waals surface area contributed by atoms with Gasteiger partial charge in [0.05, 0.1) is 17.9 Å². The molecule has 0 saturated carbocycles. The van der Waals surface area contributed by atoms with E-state index in [-0.39, 0.29) is 17.7 Å². The zero-order valence-corrected chi connectivity index (χ0v) is 19.2. The third-order valence-corrected chi connectivity index (χ3v) is 5.78. The zero-order chi connectivity index (χ0) is 22.4. The Balaban J connectivity index is 1.52. The van der Waals surface area contributed by atoms with Gasteiger partial charge in [-0.1, -0.05) is 23.7 Å². The molecular weight excluding hydrogens is 440 g/mol. The lowest BCUT2D eigenvalue weighted by molar-refractivity contribution is 0.0908. The largest absolute Gasteiger partial charge is 0.492 e. The van der Waals surface area contributed by atoms with E-state index in [2.05, 4.69) is 10.2 Å². The summed E-state index contributed by atoms with van der Waals surface area (Å²) < 4.78 is 33.0. The lowest BCUT2D eigenvalue weighted by atomic mass is 10.0. The molecule has 2 aromatic carbocycles. The number of nitrogens with one attached hydrogen (secondary N) is 1. The summed E-state index contributed by atoms with van der Waals surface area (Å²) >= 11 is 6.16. The van der Waals surface area contributed by atoms with Crippen LogP contribution in [0.1, 0.15) is 35.7 Å². The van der Waals surface area contributed by atoms with E-state index < -0.39 is 10.1 Å². The number of piperidine rings is 1. The summed E-state index contributed by atoms with van der Waals surface area (Å²) in [5.41, 5.74) is 1.51. The van der Waals surface area contributed by atoms with Crippen molar-refractivity contribution in [3.63, 3.8) is 0 Å². The van der Waals surface area contributed by atoms with Crippen molar-refractivity contribution in [2.45, 2.75) is 32.4 Å². The van der Waals surface area contributed by atoms with E-state index in [0.29, 0.717) is 22.9 Å². The Morgan fingerprint density at radius 3 is 2.61 bits per heavy atom. The fraction of sp³-hybridized carbons (Fsp3) is 0.409. The number of ether oxygens (including phenoxy) is 1. The molecule has 1 saturated heterocycles. The molecule has 0 radical (unpaired) electrons. The molecule has 1 aliphatic heterocycles. The number of rotatable bonds is 8. The number of carbonyl (C=O) groups is 1. The summed E-state index contributed by atoms with van der Waals surface area (Å²) in [6.45, 7) is 5.00. The third-order valence-electron chi connectivity index (χ3n) is 4.97. The Morgan fingerprint density at radius 2 is 1.94 bits per heavy atom. The molecule has 1 fully saturated rings. The predicted octanol–water partition coefficient (Wildman–Crippen LogP) is 3.47. The van der Waals surface area contributed by atoms with Crippen molar-refractivity contribution in [1.82, 2.24) is 10.2 Å². The summed E-state index contributed by atoms with van der Waals surface area (Å²) in [5, 5.41) is 3.64. The Kier molecular flexibility index (Phi) is 7.80. The van der Waals surface area contributed by atoms with E-state index in [4.69, 9.17) is 20.5 Å². The molecule has 0 aromatic heterocycles. The lowest BCUT2D eigenvalue weighted by Gasteiger charge is -2.32. The minimum absolute atomic E-state index is 0.0624. The predicted molar refractivity (Wildman–Crippen MR) is 120 cm³/mol. The van der Waals surface area contributed by atoms with Gasteiger partial charge in [-0.05, 0) is 55.7 Å². The zero-order valence-electron chi connectivity index (χ0n) is 17.6. The van der Waals surface area contributed by atoms with Gasteiger partial charge in [-0.25, -0.2) is 0 Å². The normalized spacial score (nSPS) is 15.5. The minimum Gasteiger partial charge on any atom is -0.492 e. The topological polar surface area (TPSA) is 84.9 Å². The highest BCUT2D eigenvalue weighted by Gasteiger charge is 2.22. The smallest absolute Gasteiger partial charge is 0.306 e. The van der Waals surface area contributed by atoms with Crippen molar-refractivity contribution in [2.75, 3.05) is 26.0 Å². The van der Waals surface area contributed by atoms with Crippen LogP contribution >= 0.6 is 11.6 Å². The fourth-order valence-electron chi connectivity index (χ4n) is 3.54. The molecule has 0 bridgehead atoms. The number of amides is 1. The minimum atomic E-state index is -3.64. The van der Waals surface area contributed by atoms with Crippen LogP contribution in [0.5, 0.6) is 11.5 Å². The van der Waals surface area contributed by atoms with E-state index in [1.807, 2.05) is 25.1 Å². The Morgan fingerprint density at radius 1 is 1.19 bits per heavy atom. The fourth-order valence-corrected chi connectivity index (χ4v) is 4.16. The summed E-state index contributed by atoms with van der Waals surface area (Å²) in [6, 6.07) is 12.1. The number of nitrogens with zero attached hydrogens (tertiary/aromatic N) is 1. The number of likely N-dealkylation sites (tertiary alicyclic amines) is 1. The van der Waals surface area contributed by atoms with Gasteiger partial charge < -0.3 is 14.2 Å². The molecule has 1 N–H and O–H groups in total. The van der Waals surface area contributed by atoms with Gasteiger partial charge >= 0.3 is 10.1 Å². The Labute approximate surface area is 188 Å². The van der Waals surface area contributed by atoms with Crippen LogP contribution in [0.3, 0.4) is 0 Å². The van der Waals surface area contributed by atoms with Crippen LogP contribution in [0.25, 0.3) is 0 Å². The number of carbonyl (C=O) groups excluding carboxylic acids is 1. The maximum atomic E-state index is 12.6. The molecule has 0 unspecified atom stereocenters. The van der Waals surface area contributed by atoms with Crippen molar-refractivity contribution in [2.24, 2.45) is 0 Å². The standard InChI is InChI=1S/C22H27ClN2O5S/c1-3-29-21-13-16(7-8-20(21)23)15-25-11-9-18(10-12-25)24-22(26)17-5-4-6-19(14-17)30-31(2,27)28/h4-8,13-14,18H,3,9-12,15H2,1-2H3,(H,24,26). The maximum absolute atomic E-state index is 12.6. The molecule has 1 aliphatic rings. The summed E-state index contributed by atoms with van der Waals surface area (Å²) in [7, 11) is -3.64. The molecule has 2 aromatic rings. The van der Waals surface area contributed by atoms with Gasteiger partial charge in [-0.15, -0.1) is 0 Å². The van der Waals surface area contributed by atoms with E-state index >= 15 is 0 Å². The highest BCUT2D eigenvalue weighted by molar-refractivity contribution is 7.86. The quantitative estimate of drug-likeness (QED) is 0.599. The second-order valence-electron chi connectivity index (χ2n) is 7.54. The van der Waals surface area contributed by atoms with Crippen molar-refractivity contribution >= 4 is 27.6 Å². The summed E-state index contributed by atoms with van der Waals surface area (Å²) in [5.74, 6) is 0.585. The van der Waals surface area contributed by atoms with Crippen LogP contribution < -0.4 is 14.2 Å². The van der Waals surface area contributed by atoms with E-state index in [0.717, 1.165) is 44.3 Å². The first kappa shape index (κ1) is 23.4. The molecule has 0 aliphatic carbocycles.